The maximum atomic E-state index is 11.8. The predicted molar refractivity (Wildman–Crippen MR) is 72.1 cm³/mol. The fourth-order valence-electron chi connectivity index (χ4n) is 2.16. The number of carbonyl (C=O) groups is 1. The summed E-state index contributed by atoms with van der Waals surface area (Å²) in [5, 5.41) is 6.02. The highest BCUT2D eigenvalue weighted by Crippen LogP contribution is 2.20. The molecule has 6 heteroatoms. The first kappa shape index (κ1) is 13.7. The molecule has 0 aliphatic heterocycles. The molecule has 1 aromatic rings. The Bertz CT molecular complexity index is 419. The summed E-state index contributed by atoms with van der Waals surface area (Å²) >= 11 is 0. The molecule has 0 radical (unpaired) electrons. The lowest BCUT2D eigenvalue weighted by Gasteiger charge is -2.12. The standard InChI is InChI=1S/C13H20N4O2/c1-19-9-8-14-12(18)11-6-7-15-13(17-11)16-10-4-2-3-5-10/h6-7,10H,2-5,8-9H2,1H3,(H,14,18)(H,15,16,17). The van der Waals surface area contributed by atoms with Gasteiger partial charge in [-0.1, -0.05) is 12.8 Å². The van der Waals surface area contributed by atoms with Gasteiger partial charge in [-0.3, -0.25) is 4.79 Å². The molecule has 104 valence electrons. The molecule has 1 saturated carbocycles. The van der Waals surface area contributed by atoms with E-state index in [0.29, 0.717) is 30.8 Å². The topological polar surface area (TPSA) is 76.1 Å². The van der Waals surface area contributed by atoms with Gasteiger partial charge in [0.2, 0.25) is 5.95 Å². The number of carbonyl (C=O) groups excluding carboxylic acids is 1. The van der Waals surface area contributed by atoms with Gasteiger partial charge < -0.3 is 15.4 Å². The molecule has 1 aromatic heterocycles. The zero-order chi connectivity index (χ0) is 13.5. The van der Waals surface area contributed by atoms with Crippen LogP contribution in [0.1, 0.15) is 36.2 Å². The number of methoxy groups -OCH3 is 1. The molecule has 0 aromatic carbocycles. The number of ether oxygens (including phenoxy) is 1. The minimum Gasteiger partial charge on any atom is -0.383 e. The Kier molecular flexibility index (Phi) is 5.09. The molecular weight excluding hydrogens is 244 g/mol. The van der Waals surface area contributed by atoms with Crippen molar-refractivity contribution in [2.75, 3.05) is 25.6 Å². The van der Waals surface area contributed by atoms with Gasteiger partial charge in [0, 0.05) is 25.9 Å². The number of nitrogens with zero attached hydrogens (tertiary/aromatic N) is 2. The number of hydrogen-bond acceptors (Lipinski definition) is 5. The van der Waals surface area contributed by atoms with E-state index in [0.717, 1.165) is 12.8 Å². The van der Waals surface area contributed by atoms with Crippen LogP contribution in [0.2, 0.25) is 0 Å². The Morgan fingerprint density at radius 3 is 3.00 bits per heavy atom. The molecule has 0 bridgehead atoms. The zero-order valence-corrected chi connectivity index (χ0v) is 11.2. The van der Waals surface area contributed by atoms with Crippen molar-refractivity contribution in [2.45, 2.75) is 31.7 Å². The van der Waals surface area contributed by atoms with E-state index in [2.05, 4.69) is 20.6 Å². The molecular formula is C13H20N4O2. The third kappa shape index (κ3) is 4.17. The number of nitrogens with one attached hydrogen (secondary N) is 2. The van der Waals surface area contributed by atoms with Crippen LogP contribution < -0.4 is 10.6 Å². The van der Waals surface area contributed by atoms with Gasteiger partial charge in [0.1, 0.15) is 5.69 Å². The summed E-state index contributed by atoms with van der Waals surface area (Å²) in [5.41, 5.74) is 0.381. The van der Waals surface area contributed by atoms with Crippen molar-refractivity contribution in [3.8, 4) is 0 Å². The Balaban J connectivity index is 1.91. The summed E-state index contributed by atoms with van der Waals surface area (Å²) in [4.78, 5) is 20.2. The van der Waals surface area contributed by atoms with Crippen molar-refractivity contribution in [1.29, 1.82) is 0 Å². The number of hydrogen-bond donors (Lipinski definition) is 2. The molecule has 19 heavy (non-hydrogen) atoms. The van der Waals surface area contributed by atoms with E-state index >= 15 is 0 Å². The summed E-state index contributed by atoms with van der Waals surface area (Å²) in [5.74, 6) is 0.334. The third-order valence-corrected chi connectivity index (χ3v) is 3.17. The van der Waals surface area contributed by atoms with Crippen LogP contribution in [0.25, 0.3) is 0 Å². The van der Waals surface area contributed by atoms with E-state index in [-0.39, 0.29) is 5.91 Å². The Labute approximate surface area is 113 Å². The molecule has 0 spiro atoms. The summed E-state index contributed by atoms with van der Waals surface area (Å²) in [6.07, 6.45) is 6.39. The van der Waals surface area contributed by atoms with Crippen molar-refractivity contribution >= 4 is 11.9 Å². The second kappa shape index (κ2) is 7.04. The van der Waals surface area contributed by atoms with Crippen LogP contribution in [0.3, 0.4) is 0 Å². The largest absolute Gasteiger partial charge is 0.383 e. The molecule has 1 aliphatic carbocycles. The average molecular weight is 264 g/mol. The van der Waals surface area contributed by atoms with Crippen LogP contribution >= 0.6 is 0 Å². The molecule has 2 N–H and O–H groups in total. The first-order valence-corrected chi connectivity index (χ1v) is 6.66. The molecule has 0 atom stereocenters. The number of amides is 1. The Morgan fingerprint density at radius 2 is 2.26 bits per heavy atom. The first-order valence-electron chi connectivity index (χ1n) is 6.66. The lowest BCUT2D eigenvalue weighted by atomic mass is 10.2. The van der Waals surface area contributed by atoms with Crippen LogP contribution in [-0.4, -0.2) is 42.2 Å². The maximum Gasteiger partial charge on any atom is 0.270 e. The van der Waals surface area contributed by atoms with E-state index in [4.69, 9.17) is 4.74 Å². The average Bonchev–Trinajstić information content (AvgIpc) is 2.92. The second-order valence-electron chi connectivity index (χ2n) is 4.64. The van der Waals surface area contributed by atoms with Crippen molar-refractivity contribution in [1.82, 2.24) is 15.3 Å². The lowest BCUT2D eigenvalue weighted by Crippen LogP contribution is -2.28. The fourth-order valence-corrected chi connectivity index (χ4v) is 2.16. The zero-order valence-electron chi connectivity index (χ0n) is 11.2. The molecule has 1 heterocycles. The number of aromatic nitrogens is 2. The van der Waals surface area contributed by atoms with Crippen LogP contribution in [0, 0.1) is 0 Å². The van der Waals surface area contributed by atoms with Gasteiger partial charge in [-0.2, -0.15) is 0 Å². The van der Waals surface area contributed by atoms with E-state index in [1.54, 1.807) is 19.4 Å². The molecule has 6 nitrogen and oxygen atoms in total. The minimum atomic E-state index is -0.200. The smallest absolute Gasteiger partial charge is 0.270 e. The van der Waals surface area contributed by atoms with Gasteiger partial charge in [0.25, 0.3) is 5.91 Å². The SMILES string of the molecule is COCCNC(=O)c1ccnc(NC2CCCC2)n1. The summed E-state index contributed by atoms with van der Waals surface area (Å²) in [6.45, 7) is 0.967. The second-order valence-corrected chi connectivity index (χ2v) is 4.64. The molecule has 0 saturated heterocycles. The fraction of sp³-hybridized carbons (Fsp3) is 0.615. The van der Waals surface area contributed by atoms with E-state index in [9.17, 15) is 4.79 Å². The van der Waals surface area contributed by atoms with Gasteiger partial charge in [-0.05, 0) is 18.9 Å². The van der Waals surface area contributed by atoms with Crippen molar-refractivity contribution in [3.05, 3.63) is 18.0 Å². The van der Waals surface area contributed by atoms with Gasteiger partial charge >= 0.3 is 0 Å². The monoisotopic (exact) mass is 264 g/mol. The highest BCUT2D eigenvalue weighted by Gasteiger charge is 2.16. The quantitative estimate of drug-likeness (QED) is 0.755. The van der Waals surface area contributed by atoms with E-state index in [1.165, 1.54) is 12.8 Å². The predicted octanol–water partition coefficient (Wildman–Crippen LogP) is 1.21. The minimum absolute atomic E-state index is 0.200. The van der Waals surface area contributed by atoms with E-state index in [1.807, 2.05) is 0 Å². The maximum absolute atomic E-state index is 11.8. The van der Waals surface area contributed by atoms with Crippen molar-refractivity contribution in [3.63, 3.8) is 0 Å². The molecule has 1 amide bonds. The summed E-state index contributed by atoms with van der Waals surface area (Å²) in [7, 11) is 1.60. The van der Waals surface area contributed by atoms with Crippen LogP contribution in [-0.2, 0) is 4.74 Å². The van der Waals surface area contributed by atoms with Gasteiger partial charge in [-0.25, -0.2) is 9.97 Å². The van der Waals surface area contributed by atoms with Crippen LogP contribution in [0.15, 0.2) is 12.3 Å². The van der Waals surface area contributed by atoms with Gasteiger partial charge in [-0.15, -0.1) is 0 Å². The van der Waals surface area contributed by atoms with Gasteiger partial charge in [0.15, 0.2) is 0 Å². The number of rotatable bonds is 6. The highest BCUT2D eigenvalue weighted by molar-refractivity contribution is 5.92. The van der Waals surface area contributed by atoms with Crippen LogP contribution in [0.4, 0.5) is 5.95 Å². The molecule has 2 rings (SSSR count). The molecule has 1 aliphatic rings. The van der Waals surface area contributed by atoms with Crippen LogP contribution in [0.5, 0.6) is 0 Å². The Hall–Kier alpha value is -1.69. The number of anilines is 1. The third-order valence-electron chi connectivity index (χ3n) is 3.17. The lowest BCUT2D eigenvalue weighted by molar-refractivity contribution is 0.0932. The highest BCUT2D eigenvalue weighted by atomic mass is 16.5. The normalized spacial score (nSPS) is 15.4. The molecule has 1 fully saturated rings. The summed E-state index contributed by atoms with van der Waals surface area (Å²) in [6, 6.07) is 2.05. The Morgan fingerprint density at radius 1 is 1.47 bits per heavy atom. The van der Waals surface area contributed by atoms with Gasteiger partial charge in [0.05, 0.1) is 6.61 Å². The van der Waals surface area contributed by atoms with Crippen molar-refractivity contribution < 1.29 is 9.53 Å². The van der Waals surface area contributed by atoms with E-state index < -0.39 is 0 Å². The summed E-state index contributed by atoms with van der Waals surface area (Å²) < 4.78 is 4.88. The molecule has 0 unspecified atom stereocenters. The first-order chi connectivity index (χ1) is 9.29. The van der Waals surface area contributed by atoms with Crippen molar-refractivity contribution in [2.24, 2.45) is 0 Å².